The number of hydrogen-bond donors (Lipinski definition) is 3. The van der Waals surface area contributed by atoms with Crippen LogP contribution in [0.5, 0.6) is 0 Å². The van der Waals surface area contributed by atoms with E-state index in [9.17, 15) is 15.0 Å². The number of nitrogens with zero attached hydrogens (tertiary/aromatic N) is 1. The van der Waals surface area contributed by atoms with Crippen molar-refractivity contribution in [2.75, 3.05) is 6.61 Å². The molecule has 6 heteroatoms. The summed E-state index contributed by atoms with van der Waals surface area (Å²) in [4.78, 5) is 15.7. The average Bonchev–Trinajstić information content (AvgIpc) is 2.86. The number of carboxylic acid groups (broad SMARTS) is 1. The van der Waals surface area contributed by atoms with Gasteiger partial charge >= 0.3 is 5.97 Å². The van der Waals surface area contributed by atoms with Crippen LogP contribution in [0.4, 0.5) is 0 Å². The molecule has 0 heterocycles. The molecule has 0 aromatic heterocycles. The Morgan fingerprint density at radius 2 is 2.00 bits per heavy atom. The molecule has 2 saturated carbocycles. The molecule has 2 fully saturated rings. The van der Waals surface area contributed by atoms with Crippen LogP contribution in [0.2, 0.25) is 0 Å². The zero-order valence-electron chi connectivity index (χ0n) is 16.7. The molecule has 0 spiro atoms. The minimum Gasteiger partial charge on any atom is -0.481 e. The fourth-order valence-corrected chi connectivity index (χ4v) is 4.54. The summed E-state index contributed by atoms with van der Waals surface area (Å²) >= 11 is 0. The summed E-state index contributed by atoms with van der Waals surface area (Å²) in [7, 11) is 0. The molecule has 27 heavy (non-hydrogen) atoms. The molecule has 5 unspecified atom stereocenters. The van der Waals surface area contributed by atoms with Crippen LogP contribution in [-0.2, 0) is 9.63 Å². The molecule has 0 saturated heterocycles. The lowest BCUT2D eigenvalue weighted by molar-refractivity contribution is -0.137. The number of aliphatic carboxylic acids is 1. The Hall–Kier alpha value is -1.14. The number of carboxylic acids is 1. The van der Waals surface area contributed by atoms with E-state index in [1.165, 1.54) is 25.7 Å². The van der Waals surface area contributed by atoms with E-state index in [-0.39, 0.29) is 24.5 Å². The van der Waals surface area contributed by atoms with Crippen molar-refractivity contribution >= 4 is 11.7 Å². The number of aliphatic hydroxyl groups is 2. The van der Waals surface area contributed by atoms with Gasteiger partial charge in [-0.2, -0.15) is 0 Å². The highest BCUT2D eigenvalue weighted by molar-refractivity contribution is 5.93. The van der Waals surface area contributed by atoms with E-state index in [1.54, 1.807) is 0 Å². The van der Waals surface area contributed by atoms with E-state index < -0.39 is 5.97 Å². The summed E-state index contributed by atoms with van der Waals surface area (Å²) in [5.74, 6) is 0.198. The van der Waals surface area contributed by atoms with Gasteiger partial charge < -0.3 is 20.2 Å². The molecular formula is C21H37NO5. The van der Waals surface area contributed by atoms with Crippen LogP contribution in [0.25, 0.3) is 0 Å². The first kappa shape index (κ1) is 22.2. The number of unbranched alkanes of at least 4 members (excludes halogenated alkanes) is 4. The quantitative estimate of drug-likeness (QED) is 0.313. The SMILES string of the molecule is CCCCCCCC(O)CCC1C(O)CC2C(=NOCCCC(=O)O)CC21. The first-order valence-corrected chi connectivity index (χ1v) is 10.8. The van der Waals surface area contributed by atoms with Gasteiger partial charge in [0.15, 0.2) is 0 Å². The van der Waals surface area contributed by atoms with Gasteiger partial charge in [-0.25, -0.2) is 0 Å². The highest BCUT2D eigenvalue weighted by atomic mass is 16.6. The average molecular weight is 384 g/mol. The van der Waals surface area contributed by atoms with E-state index in [2.05, 4.69) is 12.1 Å². The highest BCUT2D eigenvalue weighted by Gasteiger charge is 2.51. The zero-order chi connectivity index (χ0) is 19.6. The Bertz CT molecular complexity index is 481. The molecule has 0 aromatic carbocycles. The second kappa shape index (κ2) is 11.6. The van der Waals surface area contributed by atoms with E-state index >= 15 is 0 Å². The summed E-state index contributed by atoms with van der Waals surface area (Å²) in [6.07, 6.45) is 10.2. The van der Waals surface area contributed by atoms with Crippen molar-refractivity contribution in [1.29, 1.82) is 0 Å². The Morgan fingerprint density at radius 1 is 1.22 bits per heavy atom. The molecule has 5 atom stereocenters. The molecule has 0 radical (unpaired) electrons. The van der Waals surface area contributed by atoms with E-state index in [0.29, 0.717) is 24.9 Å². The van der Waals surface area contributed by atoms with Crippen LogP contribution >= 0.6 is 0 Å². The molecule has 2 rings (SSSR count). The molecule has 3 N–H and O–H groups in total. The van der Waals surface area contributed by atoms with Crippen molar-refractivity contribution in [3.63, 3.8) is 0 Å². The first-order chi connectivity index (χ1) is 13.0. The molecule has 156 valence electrons. The fraction of sp³-hybridized carbons (Fsp3) is 0.905. The molecule has 0 aromatic rings. The van der Waals surface area contributed by atoms with Crippen LogP contribution in [0.1, 0.15) is 84.0 Å². The second-order valence-electron chi connectivity index (χ2n) is 8.29. The Balaban J connectivity index is 1.62. The maximum absolute atomic E-state index is 10.5. The molecule has 0 amide bonds. The third kappa shape index (κ3) is 7.07. The third-order valence-electron chi connectivity index (χ3n) is 6.21. The maximum atomic E-state index is 10.5. The van der Waals surface area contributed by atoms with Crippen LogP contribution < -0.4 is 0 Å². The molecule has 0 bridgehead atoms. The number of fused-ring (bicyclic) bond motifs is 1. The zero-order valence-corrected chi connectivity index (χ0v) is 16.7. The molecular weight excluding hydrogens is 346 g/mol. The Morgan fingerprint density at radius 3 is 2.74 bits per heavy atom. The molecule has 0 aliphatic heterocycles. The topological polar surface area (TPSA) is 99.4 Å². The normalized spacial score (nSPS) is 29.4. The lowest BCUT2D eigenvalue weighted by atomic mass is 9.70. The van der Waals surface area contributed by atoms with Crippen molar-refractivity contribution in [2.24, 2.45) is 22.9 Å². The second-order valence-corrected chi connectivity index (χ2v) is 8.29. The van der Waals surface area contributed by atoms with Gasteiger partial charge in [-0.15, -0.1) is 0 Å². The van der Waals surface area contributed by atoms with Crippen LogP contribution in [-0.4, -0.2) is 45.8 Å². The highest BCUT2D eigenvalue weighted by Crippen LogP contribution is 2.50. The van der Waals surface area contributed by atoms with Gasteiger partial charge in [0, 0.05) is 12.3 Å². The number of carbonyl (C=O) groups is 1. The summed E-state index contributed by atoms with van der Waals surface area (Å²) in [6, 6.07) is 0. The van der Waals surface area contributed by atoms with Crippen LogP contribution in [0.3, 0.4) is 0 Å². The number of aliphatic hydroxyl groups excluding tert-OH is 2. The van der Waals surface area contributed by atoms with Gasteiger partial charge in [0.05, 0.1) is 17.9 Å². The summed E-state index contributed by atoms with van der Waals surface area (Å²) in [5.41, 5.74) is 1.01. The maximum Gasteiger partial charge on any atom is 0.303 e. The van der Waals surface area contributed by atoms with Gasteiger partial charge in [-0.05, 0) is 50.4 Å². The lowest BCUT2D eigenvalue weighted by Crippen LogP contribution is -2.37. The standard InChI is InChI=1S/C21H37NO5/c1-2-3-4-5-6-8-15(23)10-11-16-17-13-19(18(17)14-20(16)24)22-27-12-7-9-21(25)26/h15-18,20,23-24H,2-14H2,1H3,(H,25,26). The van der Waals surface area contributed by atoms with Gasteiger partial charge in [0.25, 0.3) is 0 Å². The lowest BCUT2D eigenvalue weighted by Gasteiger charge is -2.35. The third-order valence-corrected chi connectivity index (χ3v) is 6.21. The van der Waals surface area contributed by atoms with Gasteiger partial charge in [-0.1, -0.05) is 44.2 Å². The predicted octanol–water partition coefficient (Wildman–Crippen LogP) is 3.74. The van der Waals surface area contributed by atoms with Crippen LogP contribution in [0, 0.1) is 17.8 Å². The number of oxime groups is 1. The van der Waals surface area contributed by atoms with Crippen molar-refractivity contribution in [1.82, 2.24) is 0 Å². The summed E-state index contributed by atoms with van der Waals surface area (Å²) in [6.45, 7) is 2.53. The largest absolute Gasteiger partial charge is 0.481 e. The van der Waals surface area contributed by atoms with E-state index in [4.69, 9.17) is 9.94 Å². The van der Waals surface area contributed by atoms with Crippen molar-refractivity contribution < 1.29 is 25.0 Å². The van der Waals surface area contributed by atoms with E-state index in [1.807, 2.05) is 0 Å². The number of hydrogen-bond acceptors (Lipinski definition) is 5. The summed E-state index contributed by atoms with van der Waals surface area (Å²) < 4.78 is 0. The molecule has 2 aliphatic rings. The van der Waals surface area contributed by atoms with Crippen molar-refractivity contribution in [2.45, 2.75) is 96.2 Å². The number of rotatable bonds is 14. The minimum atomic E-state index is -0.820. The molecule has 6 nitrogen and oxygen atoms in total. The van der Waals surface area contributed by atoms with Crippen molar-refractivity contribution in [3.05, 3.63) is 0 Å². The smallest absolute Gasteiger partial charge is 0.303 e. The predicted molar refractivity (Wildman–Crippen MR) is 105 cm³/mol. The Labute approximate surface area is 163 Å². The first-order valence-electron chi connectivity index (χ1n) is 10.8. The van der Waals surface area contributed by atoms with Gasteiger partial charge in [0.2, 0.25) is 0 Å². The minimum absolute atomic E-state index is 0.0959. The fourth-order valence-electron chi connectivity index (χ4n) is 4.54. The van der Waals surface area contributed by atoms with Crippen LogP contribution in [0.15, 0.2) is 5.16 Å². The van der Waals surface area contributed by atoms with Crippen molar-refractivity contribution in [3.8, 4) is 0 Å². The monoisotopic (exact) mass is 383 g/mol. The van der Waals surface area contributed by atoms with Gasteiger partial charge in [-0.3, -0.25) is 4.79 Å². The van der Waals surface area contributed by atoms with Gasteiger partial charge in [0.1, 0.15) is 6.61 Å². The summed E-state index contributed by atoms with van der Waals surface area (Å²) in [5, 5.41) is 33.4. The van der Waals surface area contributed by atoms with E-state index in [0.717, 1.165) is 44.2 Å². The molecule has 2 aliphatic carbocycles. The Kier molecular flexibility index (Phi) is 9.56.